The molecule has 2 nitrogen and oxygen atoms in total. The van der Waals surface area contributed by atoms with Crippen LogP contribution in [0.2, 0.25) is 5.02 Å². The summed E-state index contributed by atoms with van der Waals surface area (Å²) in [6, 6.07) is 8.40. The second-order valence-corrected chi connectivity index (χ2v) is 5.17. The highest BCUT2D eigenvalue weighted by Crippen LogP contribution is 2.32. The molecule has 5 heteroatoms. The highest BCUT2D eigenvalue weighted by molar-refractivity contribution is 9.10. The number of benzene rings is 2. The van der Waals surface area contributed by atoms with Gasteiger partial charge in [0, 0.05) is 5.69 Å². The zero-order valence-corrected chi connectivity index (χ0v) is 11.9. The molecule has 0 fully saturated rings. The lowest BCUT2D eigenvalue weighted by molar-refractivity contribution is 0.621. The minimum Gasteiger partial charge on any atom is -0.396 e. The maximum Gasteiger partial charge on any atom is 0.139 e. The van der Waals surface area contributed by atoms with Gasteiger partial charge >= 0.3 is 0 Å². The number of anilines is 3. The number of hydrogen-bond acceptors (Lipinski definition) is 2. The van der Waals surface area contributed by atoms with Crippen LogP contribution in [-0.2, 0) is 0 Å². The monoisotopic (exact) mass is 328 g/mol. The Bertz CT molecular complexity index is 602. The van der Waals surface area contributed by atoms with E-state index < -0.39 is 0 Å². The van der Waals surface area contributed by atoms with Crippen molar-refractivity contribution < 1.29 is 4.39 Å². The lowest BCUT2D eigenvalue weighted by Crippen LogP contribution is -1.99. The van der Waals surface area contributed by atoms with Crippen LogP contribution >= 0.6 is 27.5 Å². The topological polar surface area (TPSA) is 38.0 Å². The van der Waals surface area contributed by atoms with Crippen molar-refractivity contribution in [3.8, 4) is 0 Å². The van der Waals surface area contributed by atoms with Crippen LogP contribution in [0.25, 0.3) is 0 Å². The summed E-state index contributed by atoms with van der Waals surface area (Å²) in [7, 11) is 0. The Kier molecular flexibility index (Phi) is 3.78. The van der Waals surface area contributed by atoms with E-state index in [1.54, 1.807) is 24.3 Å². The van der Waals surface area contributed by atoms with Crippen molar-refractivity contribution in [1.29, 1.82) is 0 Å². The summed E-state index contributed by atoms with van der Waals surface area (Å²) < 4.78 is 13.9. The summed E-state index contributed by atoms with van der Waals surface area (Å²) >= 11 is 9.07. The van der Waals surface area contributed by atoms with Gasteiger partial charge in [0.05, 0.1) is 20.9 Å². The largest absolute Gasteiger partial charge is 0.396 e. The first kappa shape index (κ1) is 13.2. The third-order valence-electron chi connectivity index (χ3n) is 2.59. The first-order valence-corrected chi connectivity index (χ1v) is 6.43. The van der Waals surface area contributed by atoms with Crippen LogP contribution in [-0.4, -0.2) is 0 Å². The molecule has 0 unspecified atom stereocenters. The van der Waals surface area contributed by atoms with Crippen LogP contribution in [0.5, 0.6) is 0 Å². The zero-order valence-electron chi connectivity index (χ0n) is 9.60. The van der Waals surface area contributed by atoms with Crippen molar-refractivity contribution in [3.63, 3.8) is 0 Å². The predicted octanol–water partition coefficient (Wildman–Crippen LogP) is 4.88. The minimum atomic E-state index is -0.330. The predicted molar refractivity (Wildman–Crippen MR) is 78.0 cm³/mol. The molecule has 0 saturated heterocycles. The van der Waals surface area contributed by atoms with Gasteiger partial charge in [0.2, 0.25) is 0 Å². The van der Waals surface area contributed by atoms with Gasteiger partial charge in [-0.2, -0.15) is 0 Å². The van der Waals surface area contributed by atoms with Crippen LogP contribution in [0, 0.1) is 12.7 Å². The van der Waals surface area contributed by atoms with E-state index in [9.17, 15) is 4.39 Å². The van der Waals surface area contributed by atoms with Crippen LogP contribution in [0.4, 0.5) is 21.5 Å². The van der Waals surface area contributed by atoms with Gasteiger partial charge in [0.15, 0.2) is 0 Å². The second kappa shape index (κ2) is 5.16. The summed E-state index contributed by atoms with van der Waals surface area (Å²) in [6.45, 7) is 1.88. The standard InChI is InChI=1S/C13H11BrClFN2/c1-7-5-8(14)10(16)6-12(7)18-11-4-2-3-9(15)13(11)17/h2-6,18H,17H2,1H3. The van der Waals surface area contributed by atoms with Crippen LogP contribution in [0.15, 0.2) is 34.8 Å². The maximum absolute atomic E-state index is 13.5. The van der Waals surface area contributed by atoms with E-state index in [1.807, 2.05) is 6.92 Å². The minimum absolute atomic E-state index is 0.330. The van der Waals surface area contributed by atoms with E-state index >= 15 is 0 Å². The summed E-state index contributed by atoms with van der Waals surface area (Å²) in [5.41, 5.74) is 8.52. The molecule has 0 saturated carbocycles. The average Bonchev–Trinajstić information content (AvgIpc) is 2.32. The number of para-hydroxylation sites is 1. The van der Waals surface area contributed by atoms with Gasteiger partial charge in [-0.05, 0) is 52.7 Å². The maximum atomic E-state index is 13.5. The van der Waals surface area contributed by atoms with E-state index in [-0.39, 0.29) is 5.82 Å². The van der Waals surface area contributed by atoms with Gasteiger partial charge in [-0.15, -0.1) is 0 Å². The number of nitrogen functional groups attached to an aromatic ring is 1. The fourth-order valence-corrected chi connectivity index (χ4v) is 2.20. The molecule has 0 aromatic heterocycles. The molecular formula is C13H11BrClFN2. The van der Waals surface area contributed by atoms with Gasteiger partial charge in [0.25, 0.3) is 0 Å². The molecule has 0 atom stereocenters. The molecule has 0 amide bonds. The first-order chi connectivity index (χ1) is 8.49. The van der Waals surface area contributed by atoms with Crippen molar-refractivity contribution in [2.24, 2.45) is 0 Å². The van der Waals surface area contributed by atoms with Crippen LogP contribution < -0.4 is 11.1 Å². The Labute approximate surface area is 118 Å². The molecule has 3 N–H and O–H groups in total. The van der Waals surface area contributed by atoms with E-state index in [1.165, 1.54) is 6.07 Å². The first-order valence-electron chi connectivity index (χ1n) is 5.25. The summed E-state index contributed by atoms with van der Waals surface area (Å²) in [5, 5.41) is 3.55. The van der Waals surface area contributed by atoms with E-state index in [2.05, 4.69) is 21.2 Å². The van der Waals surface area contributed by atoms with E-state index in [0.717, 1.165) is 5.56 Å². The summed E-state index contributed by atoms with van der Waals surface area (Å²) in [6.07, 6.45) is 0. The molecule has 0 aliphatic heterocycles. The molecule has 94 valence electrons. The van der Waals surface area contributed by atoms with Crippen LogP contribution in [0.3, 0.4) is 0 Å². The number of nitrogens with one attached hydrogen (secondary N) is 1. The molecule has 2 aromatic carbocycles. The fraction of sp³-hybridized carbons (Fsp3) is 0.0769. The Morgan fingerprint density at radius 1 is 1.28 bits per heavy atom. The lowest BCUT2D eigenvalue weighted by atomic mass is 10.2. The summed E-state index contributed by atoms with van der Waals surface area (Å²) in [5.74, 6) is -0.330. The quantitative estimate of drug-likeness (QED) is 0.771. The lowest BCUT2D eigenvalue weighted by Gasteiger charge is -2.13. The van der Waals surface area contributed by atoms with E-state index in [0.29, 0.717) is 26.6 Å². The molecule has 18 heavy (non-hydrogen) atoms. The molecular weight excluding hydrogens is 319 g/mol. The van der Waals surface area contributed by atoms with Crippen molar-refractivity contribution in [2.45, 2.75) is 6.92 Å². The van der Waals surface area contributed by atoms with Gasteiger partial charge < -0.3 is 11.1 Å². The van der Waals surface area contributed by atoms with Gasteiger partial charge in [-0.3, -0.25) is 0 Å². The Hall–Kier alpha value is -1.26. The Morgan fingerprint density at radius 2 is 2.00 bits per heavy atom. The average molecular weight is 330 g/mol. The summed E-state index contributed by atoms with van der Waals surface area (Å²) in [4.78, 5) is 0. The van der Waals surface area contributed by atoms with Gasteiger partial charge in [-0.1, -0.05) is 17.7 Å². The molecule has 0 aliphatic carbocycles. The Balaban J connectivity index is 2.40. The Morgan fingerprint density at radius 3 is 2.72 bits per heavy atom. The van der Waals surface area contributed by atoms with Crippen LogP contribution in [0.1, 0.15) is 5.56 Å². The number of aryl methyl sites for hydroxylation is 1. The molecule has 0 spiro atoms. The number of hydrogen-bond donors (Lipinski definition) is 2. The molecule has 0 radical (unpaired) electrons. The molecule has 2 rings (SSSR count). The number of rotatable bonds is 2. The SMILES string of the molecule is Cc1cc(Br)c(F)cc1Nc1cccc(Cl)c1N. The normalized spacial score (nSPS) is 10.4. The second-order valence-electron chi connectivity index (χ2n) is 3.91. The molecule has 0 bridgehead atoms. The van der Waals surface area contributed by atoms with Crippen molar-refractivity contribution >= 4 is 44.6 Å². The van der Waals surface area contributed by atoms with Crippen molar-refractivity contribution in [1.82, 2.24) is 0 Å². The molecule has 0 aliphatic rings. The molecule has 2 aromatic rings. The fourth-order valence-electron chi connectivity index (χ4n) is 1.57. The number of halogens is 3. The van der Waals surface area contributed by atoms with Gasteiger partial charge in [-0.25, -0.2) is 4.39 Å². The highest BCUT2D eigenvalue weighted by Gasteiger charge is 2.08. The highest BCUT2D eigenvalue weighted by atomic mass is 79.9. The zero-order chi connectivity index (χ0) is 13.3. The van der Waals surface area contributed by atoms with Crippen molar-refractivity contribution in [3.05, 3.63) is 51.2 Å². The molecule has 0 heterocycles. The third kappa shape index (κ3) is 2.60. The van der Waals surface area contributed by atoms with Gasteiger partial charge in [0.1, 0.15) is 5.82 Å². The third-order valence-corrected chi connectivity index (χ3v) is 3.53. The number of nitrogens with two attached hydrogens (primary N) is 1. The van der Waals surface area contributed by atoms with Crippen molar-refractivity contribution in [2.75, 3.05) is 11.1 Å². The smallest absolute Gasteiger partial charge is 0.139 e. The van der Waals surface area contributed by atoms with E-state index in [4.69, 9.17) is 17.3 Å².